The summed E-state index contributed by atoms with van der Waals surface area (Å²) in [6, 6.07) is 4.03. The van der Waals surface area contributed by atoms with Crippen LogP contribution >= 0.6 is 43.2 Å². The molecule has 3 aromatic rings. The zero-order valence-corrected chi connectivity index (χ0v) is 15.0. The molecule has 20 heavy (non-hydrogen) atoms. The molecule has 0 amide bonds. The zero-order chi connectivity index (χ0) is 14.3. The summed E-state index contributed by atoms with van der Waals surface area (Å²) in [6.07, 6.45) is 2.01. The summed E-state index contributed by atoms with van der Waals surface area (Å²) >= 11 is 8.67. The predicted molar refractivity (Wildman–Crippen MR) is 89.4 cm³/mol. The van der Waals surface area contributed by atoms with E-state index in [9.17, 15) is 0 Å². The molecule has 104 valence electrons. The van der Waals surface area contributed by atoms with Crippen molar-refractivity contribution in [1.82, 2.24) is 9.38 Å². The Kier molecular flexibility index (Phi) is 3.88. The maximum atomic E-state index is 5.98. The van der Waals surface area contributed by atoms with Crippen molar-refractivity contribution in [2.45, 2.75) is 19.2 Å². The Hall–Kier alpha value is -0.850. The molecule has 0 bridgehead atoms. The summed E-state index contributed by atoms with van der Waals surface area (Å²) in [5, 5.41) is 2.72. The van der Waals surface area contributed by atoms with Gasteiger partial charge in [-0.05, 0) is 37.1 Å². The summed E-state index contributed by atoms with van der Waals surface area (Å²) in [5.41, 5.74) is 3.34. The average molecular weight is 416 g/mol. The predicted octanol–water partition coefficient (Wildman–Crippen LogP) is 5.46. The van der Waals surface area contributed by atoms with Crippen molar-refractivity contribution >= 4 is 48.2 Å². The van der Waals surface area contributed by atoms with Crippen LogP contribution < -0.4 is 4.74 Å². The van der Waals surface area contributed by atoms with Crippen molar-refractivity contribution in [2.24, 2.45) is 0 Å². The van der Waals surface area contributed by atoms with Crippen molar-refractivity contribution in [2.75, 3.05) is 0 Å². The van der Waals surface area contributed by atoms with Gasteiger partial charge in [-0.3, -0.25) is 4.40 Å². The van der Waals surface area contributed by atoms with Gasteiger partial charge in [-0.25, -0.2) is 0 Å². The molecule has 0 atom stereocenters. The third-order valence-corrected chi connectivity index (χ3v) is 5.61. The first-order valence-electron chi connectivity index (χ1n) is 6.05. The van der Waals surface area contributed by atoms with Gasteiger partial charge in [-0.1, -0.05) is 31.9 Å². The van der Waals surface area contributed by atoms with E-state index in [0.717, 1.165) is 32.0 Å². The molecular formula is C14H12Br2N2OS. The second-order valence-corrected chi connectivity index (χ2v) is 6.75. The lowest BCUT2D eigenvalue weighted by molar-refractivity contribution is 0.461. The lowest BCUT2D eigenvalue weighted by Crippen LogP contribution is -1.92. The molecule has 2 heterocycles. The van der Waals surface area contributed by atoms with Crippen LogP contribution in [0.5, 0.6) is 11.6 Å². The first kappa shape index (κ1) is 14.1. The SMILES string of the molecule is Cc1cc(Oc2nc3sccn3c2CBr)cc(C)c1Br. The van der Waals surface area contributed by atoms with Gasteiger partial charge in [0.25, 0.3) is 0 Å². The molecule has 0 spiro atoms. The maximum absolute atomic E-state index is 5.98. The topological polar surface area (TPSA) is 26.5 Å². The zero-order valence-electron chi connectivity index (χ0n) is 11.0. The normalized spacial score (nSPS) is 11.2. The Labute approximate surface area is 137 Å². The minimum absolute atomic E-state index is 0.662. The van der Waals surface area contributed by atoms with Gasteiger partial charge < -0.3 is 4.74 Å². The minimum Gasteiger partial charge on any atom is -0.437 e. The number of alkyl halides is 1. The highest BCUT2D eigenvalue weighted by atomic mass is 79.9. The fraction of sp³-hybridized carbons (Fsp3) is 0.214. The lowest BCUT2D eigenvalue weighted by atomic mass is 10.1. The van der Waals surface area contributed by atoms with E-state index < -0.39 is 0 Å². The molecule has 1 aromatic carbocycles. The van der Waals surface area contributed by atoms with Gasteiger partial charge in [0.1, 0.15) is 5.75 Å². The molecule has 0 fully saturated rings. The third-order valence-electron chi connectivity index (χ3n) is 3.08. The van der Waals surface area contributed by atoms with Gasteiger partial charge in [0.2, 0.25) is 5.88 Å². The first-order valence-corrected chi connectivity index (χ1v) is 8.84. The Morgan fingerprint density at radius 2 is 2.00 bits per heavy atom. The Morgan fingerprint density at radius 3 is 2.65 bits per heavy atom. The van der Waals surface area contributed by atoms with Crippen LogP contribution in [0, 0.1) is 13.8 Å². The highest BCUT2D eigenvalue weighted by molar-refractivity contribution is 9.10. The molecule has 0 aliphatic heterocycles. The monoisotopic (exact) mass is 414 g/mol. The van der Waals surface area contributed by atoms with Crippen LogP contribution in [0.25, 0.3) is 4.96 Å². The van der Waals surface area contributed by atoms with Crippen molar-refractivity contribution in [1.29, 1.82) is 0 Å². The number of imidazole rings is 1. The van der Waals surface area contributed by atoms with Crippen LogP contribution in [0.15, 0.2) is 28.2 Å². The van der Waals surface area contributed by atoms with Gasteiger partial charge >= 0.3 is 0 Å². The van der Waals surface area contributed by atoms with Gasteiger partial charge in [-0.2, -0.15) is 4.98 Å². The number of halogens is 2. The van der Waals surface area contributed by atoms with Gasteiger partial charge in [0.05, 0.1) is 5.69 Å². The number of fused-ring (bicyclic) bond motifs is 1. The highest BCUT2D eigenvalue weighted by Crippen LogP contribution is 2.32. The van der Waals surface area contributed by atoms with Crippen LogP contribution in [0.4, 0.5) is 0 Å². The van der Waals surface area contributed by atoms with E-state index >= 15 is 0 Å². The summed E-state index contributed by atoms with van der Waals surface area (Å²) in [7, 11) is 0. The molecule has 0 saturated carbocycles. The fourth-order valence-electron chi connectivity index (χ4n) is 2.09. The molecule has 3 rings (SSSR count). The molecule has 0 aliphatic carbocycles. The van der Waals surface area contributed by atoms with Gasteiger partial charge in [0, 0.05) is 21.4 Å². The highest BCUT2D eigenvalue weighted by Gasteiger charge is 2.15. The molecular weight excluding hydrogens is 404 g/mol. The largest absolute Gasteiger partial charge is 0.437 e. The van der Waals surface area contributed by atoms with Gasteiger partial charge in [-0.15, -0.1) is 11.3 Å². The number of thiazole rings is 1. The summed E-state index contributed by atoms with van der Waals surface area (Å²) < 4.78 is 9.15. The van der Waals surface area contributed by atoms with E-state index in [1.807, 2.05) is 28.1 Å². The quantitative estimate of drug-likeness (QED) is 0.530. The van der Waals surface area contributed by atoms with Crippen molar-refractivity contribution in [3.05, 3.63) is 45.0 Å². The minimum atomic E-state index is 0.662. The number of aryl methyl sites for hydroxylation is 2. The van der Waals surface area contributed by atoms with Crippen molar-refractivity contribution < 1.29 is 4.74 Å². The van der Waals surface area contributed by atoms with E-state index in [2.05, 4.69) is 50.7 Å². The Bertz CT molecular complexity index is 756. The van der Waals surface area contributed by atoms with Crippen LogP contribution in [-0.4, -0.2) is 9.38 Å². The van der Waals surface area contributed by atoms with E-state index in [1.54, 1.807) is 11.3 Å². The van der Waals surface area contributed by atoms with E-state index in [4.69, 9.17) is 4.74 Å². The number of hydrogen-bond donors (Lipinski definition) is 0. The van der Waals surface area contributed by atoms with E-state index in [0.29, 0.717) is 11.2 Å². The smallest absolute Gasteiger partial charge is 0.243 e. The Balaban J connectivity index is 2.02. The van der Waals surface area contributed by atoms with Crippen LogP contribution in [0.2, 0.25) is 0 Å². The van der Waals surface area contributed by atoms with Crippen LogP contribution in [-0.2, 0) is 5.33 Å². The lowest BCUT2D eigenvalue weighted by Gasteiger charge is -2.09. The number of rotatable bonds is 3. The molecule has 0 radical (unpaired) electrons. The van der Waals surface area contributed by atoms with Crippen molar-refractivity contribution in [3.63, 3.8) is 0 Å². The van der Waals surface area contributed by atoms with Crippen molar-refractivity contribution in [3.8, 4) is 11.6 Å². The number of ether oxygens (including phenoxy) is 1. The number of nitrogens with zero attached hydrogens (tertiary/aromatic N) is 2. The van der Waals surface area contributed by atoms with Crippen LogP contribution in [0.1, 0.15) is 16.8 Å². The standard InChI is InChI=1S/C14H12Br2N2OS/c1-8-5-10(6-9(2)12(8)16)19-13-11(7-15)18-3-4-20-14(18)17-13/h3-6H,7H2,1-2H3. The number of benzene rings is 1. The van der Waals surface area contributed by atoms with E-state index in [1.165, 1.54) is 0 Å². The third kappa shape index (κ3) is 2.40. The molecule has 6 heteroatoms. The molecule has 0 aliphatic rings. The molecule has 0 N–H and O–H groups in total. The fourth-order valence-corrected chi connectivity index (χ4v) is 3.56. The number of aromatic nitrogens is 2. The number of hydrogen-bond acceptors (Lipinski definition) is 3. The van der Waals surface area contributed by atoms with Gasteiger partial charge in [0.15, 0.2) is 4.96 Å². The summed E-state index contributed by atoms with van der Waals surface area (Å²) in [6.45, 7) is 4.11. The average Bonchev–Trinajstić information content (AvgIpc) is 2.96. The van der Waals surface area contributed by atoms with E-state index in [-0.39, 0.29) is 0 Å². The molecule has 0 unspecified atom stereocenters. The summed E-state index contributed by atoms with van der Waals surface area (Å²) in [5.74, 6) is 1.48. The Morgan fingerprint density at radius 1 is 1.30 bits per heavy atom. The second kappa shape index (κ2) is 5.50. The molecule has 2 aromatic heterocycles. The molecule has 0 saturated heterocycles. The molecule has 3 nitrogen and oxygen atoms in total. The maximum Gasteiger partial charge on any atom is 0.243 e. The first-order chi connectivity index (χ1) is 9.60. The second-order valence-electron chi connectivity index (χ2n) is 4.53. The summed E-state index contributed by atoms with van der Waals surface area (Å²) in [4.78, 5) is 5.48. The van der Waals surface area contributed by atoms with Crippen LogP contribution in [0.3, 0.4) is 0 Å².